The van der Waals surface area contributed by atoms with E-state index in [1.807, 2.05) is 6.07 Å². The molecule has 1 aliphatic carbocycles. The lowest BCUT2D eigenvalue weighted by Gasteiger charge is -2.46. The van der Waals surface area contributed by atoms with E-state index < -0.39 is 23.3 Å². The molecule has 142 valence electrons. The van der Waals surface area contributed by atoms with Gasteiger partial charge in [-0.1, -0.05) is 19.3 Å². The molecule has 2 aliphatic rings. The van der Waals surface area contributed by atoms with Crippen LogP contribution in [0.3, 0.4) is 0 Å². The molecule has 27 heavy (non-hydrogen) atoms. The molecule has 2 heterocycles. The van der Waals surface area contributed by atoms with Gasteiger partial charge >= 0.3 is 11.9 Å². The van der Waals surface area contributed by atoms with Crippen molar-refractivity contribution in [2.24, 2.45) is 5.73 Å². The SMILES string of the molecule is N#Cc1ccc(NC[C@@]2(N)CCCCCCC23OC(=O)C=CC(=O)O3)nc1. The number of nitriles is 1. The maximum absolute atomic E-state index is 12.1. The first kappa shape index (κ1) is 18.9. The highest BCUT2D eigenvalue weighted by Gasteiger charge is 2.55. The molecule has 8 nitrogen and oxygen atoms in total. The zero-order chi connectivity index (χ0) is 19.3. The second-order valence-corrected chi connectivity index (χ2v) is 6.90. The topological polar surface area (TPSA) is 127 Å². The molecule has 1 atom stereocenters. The van der Waals surface area contributed by atoms with E-state index in [0.717, 1.165) is 37.8 Å². The van der Waals surface area contributed by atoms with Gasteiger partial charge in [-0.2, -0.15) is 5.26 Å². The number of carbonyl (C=O) groups excluding carboxylic acids is 2. The summed E-state index contributed by atoms with van der Waals surface area (Å²) in [5.74, 6) is -2.30. The van der Waals surface area contributed by atoms with Crippen molar-refractivity contribution in [2.45, 2.75) is 49.9 Å². The van der Waals surface area contributed by atoms with Crippen LogP contribution >= 0.6 is 0 Å². The van der Waals surface area contributed by atoms with Gasteiger partial charge in [0.1, 0.15) is 17.4 Å². The van der Waals surface area contributed by atoms with Crippen LogP contribution in [-0.4, -0.2) is 34.8 Å². The molecular formula is C19H22N4O4. The van der Waals surface area contributed by atoms with Crippen molar-refractivity contribution in [3.63, 3.8) is 0 Å². The fourth-order valence-electron chi connectivity index (χ4n) is 3.48. The highest BCUT2D eigenvalue weighted by molar-refractivity contribution is 5.93. The number of ether oxygens (including phenoxy) is 2. The Kier molecular flexibility index (Phi) is 5.42. The molecule has 0 aromatic carbocycles. The van der Waals surface area contributed by atoms with E-state index in [-0.39, 0.29) is 6.54 Å². The maximum Gasteiger partial charge on any atom is 0.334 e. The van der Waals surface area contributed by atoms with Gasteiger partial charge in [-0.25, -0.2) is 14.6 Å². The van der Waals surface area contributed by atoms with E-state index in [9.17, 15) is 9.59 Å². The molecule has 1 saturated carbocycles. The van der Waals surface area contributed by atoms with Crippen LogP contribution in [0.15, 0.2) is 30.5 Å². The minimum Gasteiger partial charge on any atom is -0.417 e. The summed E-state index contributed by atoms with van der Waals surface area (Å²) in [5, 5.41) is 12.0. The monoisotopic (exact) mass is 370 g/mol. The van der Waals surface area contributed by atoms with E-state index in [4.69, 9.17) is 20.5 Å². The van der Waals surface area contributed by atoms with Gasteiger partial charge in [0.2, 0.25) is 0 Å². The van der Waals surface area contributed by atoms with Gasteiger partial charge in [0, 0.05) is 31.3 Å². The summed E-state index contributed by atoms with van der Waals surface area (Å²) in [7, 11) is 0. The van der Waals surface area contributed by atoms with Gasteiger partial charge in [0.05, 0.1) is 5.56 Å². The maximum atomic E-state index is 12.1. The molecule has 1 fully saturated rings. The van der Waals surface area contributed by atoms with Gasteiger partial charge in [-0.15, -0.1) is 0 Å². The first-order valence-electron chi connectivity index (χ1n) is 8.99. The van der Waals surface area contributed by atoms with Gasteiger partial charge in [-0.05, 0) is 25.0 Å². The zero-order valence-electron chi connectivity index (χ0n) is 14.9. The van der Waals surface area contributed by atoms with Gasteiger partial charge in [0.25, 0.3) is 5.79 Å². The lowest BCUT2D eigenvalue weighted by atomic mass is 9.78. The largest absolute Gasteiger partial charge is 0.417 e. The minimum atomic E-state index is -1.54. The number of nitrogens with two attached hydrogens (primary N) is 1. The van der Waals surface area contributed by atoms with Crippen LogP contribution in [0.25, 0.3) is 0 Å². The van der Waals surface area contributed by atoms with Crippen molar-refractivity contribution in [2.75, 3.05) is 11.9 Å². The molecule has 3 rings (SSSR count). The Bertz CT molecular complexity index is 764. The lowest BCUT2D eigenvalue weighted by molar-refractivity contribution is -0.249. The van der Waals surface area contributed by atoms with Crippen LogP contribution in [0.2, 0.25) is 0 Å². The third kappa shape index (κ3) is 4.09. The highest BCUT2D eigenvalue weighted by atomic mass is 16.7. The Morgan fingerprint density at radius 3 is 2.37 bits per heavy atom. The van der Waals surface area contributed by atoms with Crippen LogP contribution in [0.5, 0.6) is 0 Å². The minimum absolute atomic E-state index is 0.187. The number of nitrogens with one attached hydrogen (secondary N) is 1. The van der Waals surface area contributed by atoms with Crippen molar-refractivity contribution in [3.05, 3.63) is 36.0 Å². The summed E-state index contributed by atoms with van der Waals surface area (Å²) in [5.41, 5.74) is 6.03. The standard InChI is InChI=1S/C19H22N4O4/c20-11-14-5-6-15(22-12-14)23-13-18(21)9-3-1-2-4-10-19(18)26-16(24)7-8-17(25)27-19/h5-8,12H,1-4,9-10,13,21H2,(H,22,23)/t18-/m0/s1. The van der Waals surface area contributed by atoms with Crippen LogP contribution in [-0.2, 0) is 19.1 Å². The van der Waals surface area contributed by atoms with Crippen LogP contribution in [0.1, 0.15) is 44.1 Å². The van der Waals surface area contributed by atoms with Crippen molar-refractivity contribution in [1.82, 2.24) is 4.98 Å². The fraction of sp³-hybridized carbons (Fsp3) is 0.474. The summed E-state index contributed by atoms with van der Waals surface area (Å²) in [6.45, 7) is 0.187. The van der Waals surface area contributed by atoms with Crippen molar-refractivity contribution in [3.8, 4) is 6.07 Å². The summed E-state index contributed by atoms with van der Waals surface area (Å²) >= 11 is 0. The molecule has 0 radical (unpaired) electrons. The quantitative estimate of drug-likeness (QED) is 0.771. The number of aromatic nitrogens is 1. The number of esters is 2. The molecule has 0 unspecified atom stereocenters. The first-order valence-corrected chi connectivity index (χ1v) is 8.99. The van der Waals surface area contributed by atoms with Crippen LogP contribution < -0.4 is 11.1 Å². The summed E-state index contributed by atoms with van der Waals surface area (Å²) < 4.78 is 11.2. The van der Waals surface area contributed by atoms with Gasteiger partial charge < -0.3 is 20.5 Å². The summed E-state index contributed by atoms with van der Waals surface area (Å²) in [4.78, 5) is 28.3. The van der Waals surface area contributed by atoms with Crippen molar-refractivity contribution < 1.29 is 19.1 Å². The lowest BCUT2D eigenvalue weighted by Crippen LogP contribution is -2.67. The number of carbonyl (C=O) groups is 2. The number of hydrogen-bond donors (Lipinski definition) is 2. The van der Waals surface area contributed by atoms with E-state index in [1.165, 1.54) is 6.20 Å². The third-order valence-electron chi connectivity index (χ3n) is 5.00. The normalized spacial score (nSPS) is 24.7. The second-order valence-electron chi connectivity index (χ2n) is 6.90. The van der Waals surface area contributed by atoms with Crippen molar-refractivity contribution >= 4 is 17.8 Å². The Morgan fingerprint density at radius 2 is 1.78 bits per heavy atom. The number of rotatable bonds is 3. The Labute approximate surface area is 157 Å². The number of hydrogen-bond acceptors (Lipinski definition) is 8. The van der Waals surface area contributed by atoms with Crippen LogP contribution in [0.4, 0.5) is 5.82 Å². The Morgan fingerprint density at radius 1 is 1.11 bits per heavy atom. The second kappa shape index (κ2) is 7.76. The average Bonchev–Trinajstić information content (AvgIpc) is 2.81. The van der Waals surface area contributed by atoms with Crippen molar-refractivity contribution in [1.29, 1.82) is 5.26 Å². The number of pyridine rings is 1. The van der Waals surface area contributed by atoms with E-state index in [0.29, 0.717) is 24.2 Å². The van der Waals surface area contributed by atoms with E-state index in [1.54, 1.807) is 12.1 Å². The molecule has 1 spiro atoms. The molecule has 1 aromatic rings. The van der Waals surface area contributed by atoms with E-state index in [2.05, 4.69) is 10.3 Å². The highest BCUT2D eigenvalue weighted by Crippen LogP contribution is 2.39. The molecule has 0 bridgehead atoms. The molecular weight excluding hydrogens is 348 g/mol. The summed E-state index contributed by atoms with van der Waals surface area (Å²) in [6, 6.07) is 5.32. The molecule has 8 heteroatoms. The Hall–Kier alpha value is -2.92. The average molecular weight is 370 g/mol. The molecule has 0 saturated heterocycles. The molecule has 1 aliphatic heterocycles. The first-order chi connectivity index (χ1) is 13.0. The Balaban J connectivity index is 1.87. The van der Waals surface area contributed by atoms with E-state index >= 15 is 0 Å². The van der Waals surface area contributed by atoms with Gasteiger partial charge in [0.15, 0.2) is 0 Å². The fourth-order valence-corrected chi connectivity index (χ4v) is 3.48. The van der Waals surface area contributed by atoms with Crippen LogP contribution in [0, 0.1) is 11.3 Å². The predicted octanol–water partition coefficient (Wildman–Crippen LogP) is 1.77. The predicted molar refractivity (Wildman–Crippen MR) is 96.1 cm³/mol. The van der Waals surface area contributed by atoms with Gasteiger partial charge in [-0.3, -0.25) is 0 Å². The summed E-state index contributed by atoms with van der Waals surface area (Å²) in [6.07, 6.45) is 7.93. The smallest absolute Gasteiger partial charge is 0.334 e. The third-order valence-corrected chi connectivity index (χ3v) is 5.00. The zero-order valence-corrected chi connectivity index (χ0v) is 14.9. The molecule has 0 amide bonds. The number of anilines is 1. The molecule has 1 aromatic heterocycles. The molecule has 3 N–H and O–H groups in total. The number of nitrogens with zero attached hydrogens (tertiary/aromatic N) is 2.